The Bertz CT molecular complexity index is 3790. The van der Waals surface area contributed by atoms with Crippen LogP contribution < -0.4 is 25.0 Å². The summed E-state index contributed by atoms with van der Waals surface area (Å²) >= 11 is 12.0. The molecule has 0 fully saturated rings. The van der Waals surface area contributed by atoms with Crippen molar-refractivity contribution in [3.05, 3.63) is 166 Å². The first-order chi connectivity index (χ1) is 34.2. The molecular weight excluding hydrogens is 1150 g/mol. The molecule has 0 bridgehead atoms. The smallest absolute Gasteiger partial charge is 0.871 e. The van der Waals surface area contributed by atoms with Gasteiger partial charge in [-0.2, -0.15) is 21.9 Å². The zero-order chi connectivity index (χ0) is 52.1. The minimum absolute atomic E-state index is 0. The van der Waals surface area contributed by atoms with Crippen molar-refractivity contribution in [2.45, 2.75) is 23.6 Å². The zero-order valence-electron chi connectivity index (χ0n) is 38.7. The van der Waals surface area contributed by atoms with Crippen molar-refractivity contribution >= 4 is 160 Å². The number of fused-ring (bicyclic) bond motifs is 2. The van der Waals surface area contributed by atoms with Crippen LogP contribution in [0.4, 0.5) is 34.1 Å². The number of benzene rings is 8. The Morgan fingerprint density at radius 3 is 1.63 bits per heavy atom. The molecule has 0 atom stereocenters. The minimum atomic E-state index is -4.70. The summed E-state index contributed by atoms with van der Waals surface area (Å²) in [5.41, 5.74) is -0.0618. The van der Waals surface area contributed by atoms with Crippen LogP contribution in [0.5, 0.6) is 23.0 Å². The number of azo groups is 2. The van der Waals surface area contributed by atoms with Crippen molar-refractivity contribution in [3.8, 4) is 23.0 Å². The van der Waals surface area contributed by atoms with Crippen LogP contribution in [0.3, 0.4) is 0 Å². The third-order valence-corrected chi connectivity index (χ3v) is 13.6. The molecule has 0 spiro atoms. The van der Waals surface area contributed by atoms with Crippen LogP contribution in [0.2, 0.25) is 10.0 Å². The van der Waals surface area contributed by atoms with Crippen LogP contribution in [0.25, 0.3) is 21.5 Å². The number of phenolic OH excluding ortho intramolecular Hbond substituents is 1. The van der Waals surface area contributed by atoms with Crippen molar-refractivity contribution < 1.29 is 55.5 Å². The number of hydrogen-bond donors (Lipinski definition) is 4. The third kappa shape index (κ3) is 12.9. The summed E-state index contributed by atoms with van der Waals surface area (Å²) in [5.74, 6) is -1.57. The molecule has 23 heteroatoms. The quantitative estimate of drug-likeness (QED) is 0.0292. The maximum absolute atomic E-state index is 13.3. The van der Waals surface area contributed by atoms with Crippen molar-refractivity contribution in [1.82, 2.24) is 0 Å². The predicted octanol–water partition coefficient (Wildman–Crippen LogP) is 11.0. The average Bonchev–Trinajstić information content (AvgIpc) is 3.34. The number of halogens is 2. The minimum Gasteiger partial charge on any atom is -0.871 e. The Hall–Kier alpha value is -6.41. The van der Waals surface area contributed by atoms with Gasteiger partial charge in [-0.05, 0) is 108 Å². The number of phenols is 1. The number of aliphatic imine (C=N–C) groups is 1. The Balaban J connectivity index is 0.000000235. The molecule has 8 aromatic carbocycles. The number of carbonyl (C=O) groups excluding carboxylic acids is 1. The van der Waals surface area contributed by atoms with E-state index in [-0.39, 0.29) is 104 Å². The molecule has 8 aromatic rings. The van der Waals surface area contributed by atoms with Gasteiger partial charge in [0, 0.05) is 38.6 Å². The second-order valence-electron chi connectivity index (χ2n) is 15.4. The van der Waals surface area contributed by atoms with Crippen molar-refractivity contribution in [2.75, 3.05) is 19.5 Å². The van der Waals surface area contributed by atoms with E-state index in [1.807, 2.05) is 0 Å². The average molecular weight is 1190 g/mol. The van der Waals surface area contributed by atoms with Crippen molar-refractivity contribution in [1.29, 1.82) is 0 Å². The van der Waals surface area contributed by atoms with E-state index in [4.69, 9.17) is 32.7 Å². The molecule has 18 nitrogen and oxygen atoms in total. The fourth-order valence-corrected chi connectivity index (χ4v) is 9.41. The van der Waals surface area contributed by atoms with E-state index in [0.29, 0.717) is 44.4 Å². The van der Waals surface area contributed by atoms with Gasteiger partial charge in [-0.1, -0.05) is 89.6 Å². The standard InChI is InChI=1S/2C25H20ClN3O6S.Ba/c2*1-14-20(26)10-11-21(24(14)36(32,33)34)28-29-22-18-9-4-3-6-15(18)12-19(23(22)30)25(31)27-16-7-5-8-17(13-16)35-2;/h2*3-13,30H,1-2H3,(H,27,31)(H,32,33,34);/q;;+2/p-2. The van der Waals surface area contributed by atoms with E-state index in [0.717, 1.165) is 0 Å². The van der Waals surface area contributed by atoms with Gasteiger partial charge < -0.3 is 30.1 Å². The summed E-state index contributed by atoms with van der Waals surface area (Å²) in [6.07, 6.45) is 0. The number of carbonyl (C=O) groups is 1. The molecule has 4 N–H and O–H groups in total. The Labute approximate surface area is 468 Å². The van der Waals surface area contributed by atoms with Gasteiger partial charge in [-0.25, -0.2) is 0 Å². The third-order valence-electron chi connectivity index (χ3n) is 10.7. The largest absolute Gasteiger partial charge is 2.00 e. The molecule has 0 aliphatic carbocycles. The van der Waals surface area contributed by atoms with Gasteiger partial charge in [0.2, 0.25) is 0 Å². The number of anilines is 1. The summed E-state index contributed by atoms with van der Waals surface area (Å²) in [7, 11) is -6.40. The second kappa shape index (κ2) is 23.6. The Morgan fingerprint density at radius 2 is 1.10 bits per heavy atom. The van der Waals surface area contributed by atoms with E-state index in [9.17, 15) is 46.1 Å². The topological polar surface area (TPSA) is 284 Å². The maximum Gasteiger partial charge on any atom is 2.00 e. The number of nitrogens with one attached hydrogen (secondary N) is 1. The van der Waals surface area contributed by atoms with Crippen LogP contribution in [0.15, 0.2) is 169 Å². The number of hydrogen-bond acceptors (Lipinski definition) is 15. The monoisotopic (exact) mass is 1190 g/mol. The van der Waals surface area contributed by atoms with Gasteiger partial charge >= 0.3 is 48.9 Å². The van der Waals surface area contributed by atoms with Crippen LogP contribution in [-0.4, -0.2) is 106 Å². The molecular formula is C50H38BaCl2N6O12S2. The van der Waals surface area contributed by atoms with E-state index in [1.165, 1.54) is 64.5 Å². The Morgan fingerprint density at radius 1 is 0.616 bits per heavy atom. The van der Waals surface area contributed by atoms with E-state index >= 15 is 0 Å². The van der Waals surface area contributed by atoms with E-state index < -0.39 is 53.3 Å². The molecule has 0 heterocycles. The first-order valence-electron chi connectivity index (χ1n) is 20.9. The molecule has 0 saturated carbocycles. The molecule has 0 aliphatic heterocycles. The molecule has 0 radical (unpaired) electrons. The van der Waals surface area contributed by atoms with Gasteiger partial charge in [0.05, 0.1) is 31.2 Å². The van der Waals surface area contributed by atoms with E-state index in [1.54, 1.807) is 97.1 Å². The van der Waals surface area contributed by atoms with Gasteiger partial charge in [0.15, 0.2) is 5.75 Å². The number of methoxy groups -OCH3 is 2. The Kier molecular flexibility index (Phi) is 18.1. The van der Waals surface area contributed by atoms with Gasteiger partial charge in [0.25, 0.3) is 26.1 Å². The summed E-state index contributed by atoms with van der Waals surface area (Å²) in [5, 5.41) is 58.2. The molecule has 0 aliphatic rings. The fourth-order valence-electron chi connectivity index (χ4n) is 7.24. The van der Waals surface area contributed by atoms with E-state index in [2.05, 4.69) is 30.8 Å². The first-order valence-corrected chi connectivity index (χ1v) is 24.5. The summed E-state index contributed by atoms with van der Waals surface area (Å²) in [4.78, 5) is 16.0. The second-order valence-corrected chi connectivity index (χ2v) is 18.9. The van der Waals surface area contributed by atoms with Gasteiger partial charge in [-0.3, -0.25) is 18.9 Å². The molecule has 1 amide bonds. The summed E-state index contributed by atoms with van der Waals surface area (Å²) in [6.45, 7) is 2.82. The SMILES string of the molecule is COc1cccc(N=C([O-])c2cc3ccccc3c(N=Nc3ccc(Cl)c(C)c3S(=O)(=O)O)c2[O-])c1.COc1cccc(NC(=O)c2cc3ccccc3c(N=Nc3ccc(Cl)c(C)c3S(=O)(=O)O)c2O)c1.[Ba+2]. The molecule has 0 saturated heterocycles. The molecule has 368 valence electrons. The van der Waals surface area contributed by atoms with Gasteiger partial charge in [-0.15, -0.1) is 15.3 Å². The zero-order valence-corrected chi connectivity index (χ0v) is 46.3. The number of aromatic hydroxyl groups is 1. The van der Waals surface area contributed by atoms with Crippen LogP contribution in [0, 0.1) is 13.8 Å². The maximum atomic E-state index is 13.3. The molecule has 0 unspecified atom stereocenters. The van der Waals surface area contributed by atoms with Crippen molar-refractivity contribution in [3.63, 3.8) is 0 Å². The van der Waals surface area contributed by atoms with Crippen LogP contribution in [-0.2, 0) is 20.2 Å². The number of rotatable bonds is 12. The summed E-state index contributed by atoms with van der Waals surface area (Å²) in [6, 6.07) is 35.0. The fraction of sp³-hybridized carbons (Fsp3) is 0.0800. The molecule has 73 heavy (non-hydrogen) atoms. The summed E-state index contributed by atoms with van der Waals surface area (Å²) < 4.78 is 77.5. The molecule has 8 rings (SSSR count). The predicted molar refractivity (Wildman–Crippen MR) is 275 cm³/mol. The first kappa shape index (κ1) is 55.9. The van der Waals surface area contributed by atoms with Crippen LogP contribution >= 0.6 is 23.2 Å². The number of ether oxygens (including phenoxy) is 2. The van der Waals surface area contributed by atoms with Crippen LogP contribution in [0.1, 0.15) is 27.0 Å². The normalized spacial score (nSPS) is 11.9. The number of amides is 1. The van der Waals surface area contributed by atoms with Gasteiger partial charge in [0.1, 0.15) is 38.4 Å². The number of nitrogens with zero attached hydrogens (tertiary/aromatic N) is 5. The van der Waals surface area contributed by atoms with Crippen molar-refractivity contribution in [2.24, 2.45) is 25.4 Å². The molecule has 0 aromatic heterocycles.